The molecular formula is C26H33N5O3. The average Bonchev–Trinajstić information content (AvgIpc) is 3.08. The Morgan fingerprint density at radius 1 is 0.853 bits per heavy atom. The van der Waals surface area contributed by atoms with Gasteiger partial charge in [-0.25, -0.2) is 4.79 Å². The second kappa shape index (κ2) is 11.3. The molecule has 0 spiro atoms. The number of carbonyl (C=O) groups is 3. The van der Waals surface area contributed by atoms with E-state index in [-0.39, 0.29) is 37.4 Å². The summed E-state index contributed by atoms with van der Waals surface area (Å²) in [6.45, 7) is 6.51. The first-order chi connectivity index (χ1) is 16.5. The Kier molecular flexibility index (Phi) is 7.92. The number of imide groups is 1. The zero-order valence-corrected chi connectivity index (χ0v) is 19.8. The van der Waals surface area contributed by atoms with Crippen LogP contribution in [0.25, 0.3) is 0 Å². The van der Waals surface area contributed by atoms with Crippen LogP contribution >= 0.6 is 0 Å². The largest absolute Gasteiger partial charge is 0.326 e. The zero-order valence-electron chi connectivity index (χ0n) is 19.8. The van der Waals surface area contributed by atoms with Crippen molar-refractivity contribution in [3.8, 4) is 0 Å². The Balaban J connectivity index is 1.15. The van der Waals surface area contributed by atoms with Crippen LogP contribution in [0, 0.1) is 0 Å². The summed E-state index contributed by atoms with van der Waals surface area (Å²) in [5.74, 6) is -0.323. The van der Waals surface area contributed by atoms with E-state index in [1.54, 1.807) is 7.05 Å². The van der Waals surface area contributed by atoms with Crippen molar-refractivity contribution in [3.63, 3.8) is 0 Å². The molecule has 0 atom stereocenters. The van der Waals surface area contributed by atoms with Crippen molar-refractivity contribution < 1.29 is 14.4 Å². The van der Waals surface area contributed by atoms with Crippen LogP contribution in [0.2, 0.25) is 0 Å². The van der Waals surface area contributed by atoms with E-state index in [1.165, 1.54) is 20.9 Å². The third kappa shape index (κ3) is 6.42. The third-order valence-corrected chi connectivity index (χ3v) is 6.37. The number of piperazine rings is 1. The first-order valence-corrected chi connectivity index (χ1v) is 11.9. The second-order valence-corrected chi connectivity index (χ2v) is 9.07. The van der Waals surface area contributed by atoms with E-state index in [0.717, 1.165) is 45.0 Å². The van der Waals surface area contributed by atoms with Gasteiger partial charge >= 0.3 is 6.03 Å². The van der Waals surface area contributed by atoms with E-state index in [9.17, 15) is 14.4 Å². The van der Waals surface area contributed by atoms with E-state index in [1.807, 2.05) is 12.1 Å². The predicted molar refractivity (Wildman–Crippen MR) is 131 cm³/mol. The van der Waals surface area contributed by atoms with Crippen LogP contribution < -0.4 is 5.32 Å². The van der Waals surface area contributed by atoms with E-state index in [2.05, 4.69) is 57.6 Å². The molecule has 0 aliphatic carbocycles. The highest BCUT2D eigenvalue weighted by molar-refractivity contribution is 6.01. The molecule has 8 nitrogen and oxygen atoms in total. The number of nitrogens with one attached hydrogen (secondary N) is 1. The van der Waals surface area contributed by atoms with Crippen LogP contribution in [0.15, 0.2) is 54.6 Å². The van der Waals surface area contributed by atoms with E-state index >= 15 is 0 Å². The van der Waals surface area contributed by atoms with E-state index < -0.39 is 0 Å². The van der Waals surface area contributed by atoms with Gasteiger partial charge in [0.25, 0.3) is 0 Å². The van der Waals surface area contributed by atoms with Gasteiger partial charge in [0.2, 0.25) is 11.8 Å². The minimum absolute atomic E-state index is 0.112. The van der Waals surface area contributed by atoms with Gasteiger partial charge in [0.05, 0.1) is 0 Å². The smallest absolute Gasteiger partial charge is 0.326 e. The molecule has 4 rings (SSSR count). The summed E-state index contributed by atoms with van der Waals surface area (Å²) in [4.78, 5) is 43.5. The first-order valence-electron chi connectivity index (χ1n) is 11.9. The fourth-order valence-electron chi connectivity index (χ4n) is 4.41. The van der Waals surface area contributed by atoms with Crippen molar-refractivity contribution in [3.05, 3.63) is 65.7 Å². The van der Waals surface area contributed by atoms with Gasteiger partial charge in [0.1, 0.15) is 6.54 Å². The van der Waals surface area contributed by atoms with Gasteiger partial charge < -0.3 is 10.2 Å². The summed E-state index contributed by atoms with van der Waals surface area (Å²) < 4.78 is 0. The average molecular weight is 464 g/mol. The molecule has 2 aliphatic heterocycles. The maximum Gasteiger partial charge on any atom is 0.326 e. The lowest BCUT2D eigenvalue weighted by Crippen LogP contribution is -2.45. The van der Waals surface area contributed by atoms with Gasteiger partial charge in [-0.1, -0.05) is 42.5 Å². The van der Waals surface area contributed by atoms with Gasteiger partial charge in [-0.05, 0) is 29.7 Å². The lowest BCUT2D eigenvalue weighted by Gasteiger charge is -2.34. The van der Waals surface area contributed by atoms with Crippen LogP contribution in [0.1, 0.15) is 24.0 Å². The molecular weight excluding hydrogens is 430 g/mol. The molecule has 2 saturated heterocycles. The van der Waals surface area contributed by atoms with Crippen molar-refractivity contribution in [2.24, 2.45) is 0 Å². The van der Waals surface area contributed by atoms with Crippen molar-refractivity contribution >= 4 is 23.5 Å². The first kappa shape index (κ1) is 23.9. The molecule has 2 aromatic carbocycles. The standard InChI is InChI=1S/C26H33N5O3/c1-28-20-25(33)31(26(28)34)13-5-8-24(32)27-23-11-9-22(10-12-23)19-30-16-14-29(15-17-30)18-21-6-3-2-4-7-21/h2-4,6-7,9-12H,5,8,13-20H2,1H3,(H,27,32). The Morgan fingerprint density at radius 2 is 1.44 bits per heavy atom. The summed E-state index contributed by atoms with van der Waals surface area (Å²) in [6.07, 6.45) is 0.710. The molecule has 2 heterocycles. The lowest BCUT2D eigenvalue weighted by atomic mass is 10.1. The molecule has 2 fully saturated rings. The normalized spacial score (nSPS) is 17.4. The number of likely N-dealkylation sites (N-methyl/N-ethyl adjacent to an activating group) is 1. The van der Waals surface area contributed by atoms with Crippen LogP contribution in [0.5, 0.6) is 0 Å². The van der Waals surface area contributed by atoms with E-state index in [4.69, 9.17) is 0 Å². The number of benzene rings is 2. The number of hydrogen-bond donors (Lipinski definition) is 1. The van der Waals surface area contributed by atoms with Gasteiger partial charge in [0, 0.05) is 65.0 Å². The Bertz CT molecular complexity index is 987. The van der Waals surface area contributed by atoms with Crippen molar-refractivity contribution in [1.82, 2.24) is 19.6 Å². The highest BCUT2D eigenvalue weighted by Crippen LogP contribution is 2.15. The summed E-state index contributed by atoms with van der Waals surface area (Å²) in [5.41, 5.74) is 3.35. The van der Waals surface area contributed by atoms with Crippen LogP contribution in [-0.2, 0) is 22.7 Å². The monoisotopic (exact) mass is 463 g/mol. The molecule has 2 aromatic rings. The molecule has 2 aliphatic rings. The topological polar surface area (TPSA) is 76.2 Å². The molecule has 34 heavy (non-hydrogen) atoms. The Labute approximate surface area is 201 Å². The molecule has 8 heteroatoms. The van der Waals surface area contributed by atoms with E-state index in [0.29, 0.717) is 6.42 Å². The molecule has 4 amide bonds. The molecule has 0 bridgehead atoms. The second-order valence-electron chi connectivity index (χ2n) is 9.07. The number of rotatable bonds is 9. The Hall–Kier alpha value is -3.23. The quantitative estimate of drug-likeness (QED) is 0.579. The molecule has 0 saturated carbocycles. The Morgan fingerprint density at radius 3 is 2.00 bits per heavy atom. The fraction of sp³-hybridized carbons (Fsp3) is 0.423. The summed E-state index contributed by atoms with van der Waals surface area (Å²) in [7, 11) is 1.60. The number of nitrogens with zero attached hydrogens (tertiary/aromatic N) is 4. The molecule has 0 radical (unpaired) electrons. The minimum atomic E-state index is -0.293. The highest BCUT2D eigenvalue weighted by atomic mass is 16.2. The number of hydrogen-bond acceptors (Lipinski definition) is 5. The van der Waals surface area contributed by atoms with Crippen LogP contribution in [-0.4, -0.2) is 83.8 Å². The number of anilines is 1. The summed E-state index contributed by atoms with van der Waals surface area (Å²) in [6, 6.07) is 18.3. The predicted octanol–water partition coefficient (Wildman–Crippen LogP) is 2.62. The number of urea groups is 1. The van der Waals surface area contributed by atoms with Gasteiger partial charge in [-0.3, -0.25) is 24.3 Å². The molecule has 0 unspecified atom stereocenters. The molecule has 180 valence electrons. The third-order valence-electron chi connectivity index (χ3n) is 6.37. The number of carbonyl (C=O) groups excluding carboxylic acids is 3. The van der Waals surface area contributed by atoms with Crippen LogP contribution in [0.4, 0.5) is 10.5 Å². The summed E-state index contributed by atoms with van der Waals surface area (Å²) >= 11 is 0. The van der Waals surface area contributed by atoms with Gasteiger partial charge in [0.15, 0.2) is 0 Å². The van der Waals surface area contributed by atoms with Crippen molar-refractivity contribution in [2.45, 2.75) is 25.9 Å². The fourth-order valence-corrected chi connectivity index (χ4v) is 4.41. The maximum atomic E-state index is 12.3. The highest BCUT2D eigenvalue weighted by Gasteiger charge is 2.32. The number of amides is 4. The molecule has 0 aromatic heterocycles. The maximum absolute atomic E-state index is 12.3. The van der Waals surface area contributed by atoms with Crippen molar-refractivity contribution in [2.75, 3.05) is 51.6 Å². The zero-order chi connectivity index (χ0) is 23.9. The van der Waals surface area contributed by atoms with Crippen molar-refractivity contribution in [1.29, 1.82) is 0 Å². The van der Waals surface area contributed by atoms with Crippen LogP contribution in [0.3, 0.4) is 0 Å². The van der Waals surface area contributed by atoms with Gasteiger partial charge in [-0.2, -0.15) is 0 Å². The molecule has 1 N–H and O–H groups in total. The lowest BCUT2D eigenvalue weighted by molar-refractivity contribution is -0.125. The summed E-state index contributed by atoms with van der Waals surface area (Å²) in [5, 5.41) is 2.90. The SMILES string of the molecule is CN1CC(=O)N(CCCC(=O)Nc2ccc(CN3CCN(Cc4ccccc4)CC3)cc2)C1=O. The minimum Gasteiger partial charge on any atom is -0.326 e. The van der Waals surface area contributed by atoms with Gasteiger partial charge in [-0.15, -0.1) is 0 Å².